The van der Waals surface area contributed by atoms with E-state index in [9.17, 15) is 10.2 Å². The molecule has 3 aromatic rings. The van der Waals surface area contributed by atoms with Gasteiger partial charge in [-0.1, -0.05) is 103 Å². The van der Waals surface area contributed by atoms with E-state index in [1.165, 1.54) is 6.08 Å². The fourth-order valence-electron chi connectivity index (χ4n) is 3.53. The first-order valence-electron chi connectivity index (χ1n) is 9.39. The summed E-state index contributed by atoms with van der Waals surface area (Å²) in [6.45, 7) is 0. The maximum absolute atomic E-state index is 9.93. The lowest BCUT2D eigenvalue weighted by Crippen LogP contribution is -2.25. The van der Waals surface area contributed by atoms with E-state index in [4.69, 9.17) is 0 Å². The maximum Gasteiger partial charge on any atom is 0.186 e. The van der Waals surface area contributed by atoms with Crippen LogP contribution >= 0.6 is 0 Å². The van der Waals surface area contributed by atoms with Crippen LogP contribution < -0.4 is 0 Å². The zero-order chi connectivity index (χ0) is 19.4. The molecule has 0 spiro atoms. The van der Waals surface area contributed by atoms with Gasteiger partial charge in [0.1, 0.15) is 0 Å². The Balaban J connectivity index is 2.02. The van der Waals surface area contributed by atoms with E-state index in [1.54, 1.807) is 6.08 Å². The lowest BCUT2D eigenvalue weighted by Gasteiger charge is -2.24. The zero-order valence-corrected chi connectivity index (χ0v) is 15.5. The highest BCUT2D eigenvalue weighted by atomic mass is 16.5. The molecule has 4 rings (SSSR count). The quantitative estimate of drug-likeness (QED) is 0.491. The lowest BCUT2D eigenvalue weighted by molar-refractivity contribution is -0.115. The monoisotopic (exact) mass is 366 g/mol. The molecule has 2 heteroatoms. The summed E-state index contributed by atoms with van der Waals surface area (Å²) in [5, 5.41) is 19.9. The third-order valence-electron chi connectivity index (χ3n) is 4.88. The van der Waals surface area contributed by atoms with Gasteiger partial charge in [0.05, 0.1) is 0 Å². The van der Waals surface area contributed by atoms with Gasteiger partial charge in [0.25, 0.3) is 0 Å². The number of benzene rings is 3. The third kappa shape index (κ3) is 3.89. The molecular formula is C26H22O2. The minimum absolute atomic E-state index is 0.159. The Labute approximate surface area is 165 Å². The summed E-state index contributed by atoms with van der Waals surface area (Å²) in [6.07, 6.45) is 5.32. The number of aliphatic hydroxyl groups is 2. The molecule has 0 bridgehead atoms. The molecule has 0 unspecified atom stereocenters. The first kappa shape index (κ1) is 18.2. The van der Waals surface area contributed by atoms with Crippen LogP contribution in [0.2, 0.25) is 0 Å². The van der Waals surface area contributed by atoms with Crippen LogP contribution in [0.15, 0.2) is 115 Å². The first-order chi connectivity index (χ1) is 13.6. The molecule has 0 heterocycles. The van der Waals surface area contributed by atoms with E-state index in [1.807, 2.05) is 60.7 Å². The maximum atomic E-state index is 9.93. The van der Waals surface area contributed by atoms with E-state index in [2.05, 4.69) is 36.4 Å². The average molecular weight is 366 g/mol. The summed E-state index contributed by atoms with van der Waals surface area (Å²) in [5.74, 6) is -1.79. The molecule has 0 radical (unpaired) electrons. The molecule has 0 saturated heterocycles. The highest BCUT2D eigenvalue weighted by molar-refractivity contribution is 6.05. The molecule has 28 heavy (non-hydrogen) atoms. The molecule has 0 aromatic heterocycles. The smallest absolute Gasteiger partial charge is 0.186 e. The van der Waals surface area contributed by atoms with Crippen molar-refractivity contribution in [3.63, 3.8) is 0 Å². The highest BCUT2D eigenvalue weighted by Crippen LogP contribution is 2.39. The largest absolute Gasteiger partial charge is 0.362 e. The van der Waals surface area contributed by atoms with Crippen molar-refractivity contribution in [1.29, 1.82) is 0 Å². The van der Waals surface area contributed by atoms with Crippen molar-refractivity contribution in [2.24, 2.45) is 0 Å². The van der Waals surface area contributed by atoms with Gasteiger partial charge in [-0.15, -0.1) is 0 Å². The molecule has 1 aliphatic carbocycles. The van der Waals surface area contributed by atoms with Crippen LogP contribution in [0.3, 0.4) is 0 Å². The molecule has 0 atom stereocenters. The molecule has 0 aliphatic heterocycles. The summed E-state index contributed by atoms with van der Waals surface area (Å²) in [7, 11) is 0. The summed E-state index contributed by atoms with van der Waals surface area (Å²) in [6, 6.07) is 30.9. The number of rotatable bonds is 4. The van der Waals surface area contributed by atoms with Gasteiger partial charge in [0.2, 0.25) is 0 Å². The topological polar surface area (TPSA) is 40.5 Å². The predicted octanol–water partition coefficient (Wildman–Crippen LogP) is 5.21. The van der Waals surface area contributed by atoms with Crippen LogP contribution in [-0.4, -0.2) is 16.0 Å². The minimum atomic E-state index is -1.79. The van der Waals surface area contributed by atoms with Crippen LogP contribution in [0.1, 0.15) is 23.1 Å². The first-order valence-corrected chi connectivity index (χ1v) is 9.39. The van der Waals surface area contributed by atoms with Gasteiger partial charge in [-0.3, -0.25) is 0 Å². The van der Waals surface area contributed by atoms with Gasteiger partial charge >= 0.3 is 0 Å². The van der Waals surface area contributed by atoms with Crippen LogP contribution in [0.4, 0.5) is 0 Å². The Hall–Kier alpha value is -3.20. The molecule has 1 aliphatic rings. The molecule has 0 amide bonds. The second kappa shape index (κ2) is 7.81. The molecule has 2 N–H and O–H groups in total. The molecular weight excluding hydrogens is 344 g/mol. The highest BCUT2D eigenvalue weighted by Gasteiger charge is 2.24. The van der Waals surface area contributed by atoms with Crippen molar-refractivity contribution in [2.45, 2.75) is 12.2 Å². The molecule has 138 valence electrons. The Morgan fingerprint density at radius 1 is 0.607 bits per heavy atom. The van der Waals surface area contributed by atoms with Crippen molar-refractivity contribution < 1.29 is 10.2 Å². The molecule has 0 fully saturated rings. The predicted molar refractivity (Wildman–Crippen MR) is 114 cm³/mol. The van der Waals surface area contributed by atoms with Gasteiger partial charge in [-0.05, 0) is 39.5 Å². The zero-order valence-electron chi connectivity index (χ0n) is 15.5. The van der Waals surface area contributed by atoms with Crippen LogP contribution in [-0.2, 0) is 0 Å². The summed E-state index contributed by atoms with van der Waals surface area (Å²) < 4.78 is 0. The third-order valence-corrected chi connectivity index (χ3v) is 4.88. The second-order valence-electron chi connectivity index (χ2n) is 6.92. The van der Waals surface area contributed by atoms with Gasteiger partial charge in [0, 0.05) is 6.42 Å². The summed E-state index contributed by atoms with van der Waals surface area (Å²) >= 11 is 0. The minimum Gasteiger partial charge on any atom is -0.362 e. The molecule has 2 nitrogen and oxygen atoms in total. The Bertz CT molecular complexity index is 986. The van der Waals surface area contributed by atoms with E-state index >= 15 is 0 Å². The van der Waals surface area contributed by atoms with Crippen molar-refractivity contribution in [3.05, 3.63) is 131 Å². The van der Waals surface area contributed by atoms with Crippen LogP contribution in [0.5, 0.6) is 0 Å². The van der Waals surface area contributed by atoms with E-state index in [-0.39, 0.29) is 6.42 Å². The van der Waals surface area contributed by atoms with Crippen LogP contribution in [0.25, 0.3) is 11.1 Å². The van der Waals surface area contributed by atoms with Crippen molar-refractivity contribution in [3.8, 4) is 0 Å². The van der Waals surface area contributed by atoms with Gasteiger partial charge < -0.3 is 10.2 Å². The van der Waals surface area contributed by atoms with Crippen molar-refractivity contribution >= 4 is 11.1 Å². The summed E-state index contributed by atoms with van der Waals surface area (Å²) in [5.41, 5.74) is 6.49. The fraction of sp³-hybridized carbons (Fsp3) is 0.0769. The van der Waals surface area contributed by atoms with Crippen molar-refractivity contribution in [2.75, 3.05) is 0 Å². The average Bonchev–Trinajstić information content (AvgIpc) is 2.74. The van der Waals surface area contributed by atoms with E-state index in [0.29, 0.717) is 0 Å². The number of allylic oxidation sites excluding steroid dienone is 3. The second-order valence-corrected chi connectivity index (χ2v) is 6.92. The molecule has 3 aromatic carbocycles. The normalized spacial score (nSPS) is 15.0. The van der Waals surface area contributed by atoms with Crippen molar-refractivity contribution in [1.82, 2.24) is 0 Å². The standard InChI is InChI=1S/C26H22O2/c27-26(28)18-16-23(17-19-26)25(22-14-8-3-9-15-22)24(20-10-4-1-5-11-20)21-12-6-2-7-13-21/h1-18,27-28H,19H2. The number of hydrogen-bond acceptors (Lipinski definition) is 2. The number of hydrogen-bond donors (Lipinski definition) is 2. The fourth-order valence-corrected chi connectivity index (χ4v) is 3.53. The summed E-state index contributed by atoms with van der Waals surface area (Å²) in [4.78, 5) is 0. The van der Waals surface area contributed by atoms with E-state index in [0.717, 1.165) is 33.4 Å². The van der Waals surface area contributed by atoms with Crippen LogP contribution in [0, 0.1) is 0 Å². The van der Waals surface area contributed by atoms with Gasteiger partial charge in [-0.25, -0.2) is 0 Å². The SMILES string of the molecule is OC1(O)C=CC(C(=C(c2ccccc2)c2ccccc2)c2ccccc2)=CC1. The Morgan fingerprint density at radius 2 is 1.04 bits per heavy atom. The van der Waals surface area contributed by atoms with Gasteiger partial charge in [0.15, 0.2) is 5.79 Å². The molecule has 0 saturated carbocycles. The lowest BCUT2D eigenvalue weighted by atomic mass is 9.83. The van der Waals surface area contributed by atoms with E-state index < -0.39 is 5.79 Å². The Kier molecular flexibility index (Phi) is 5.07. The Morgan fingerprint density at radius 3 is 1.43 bits per heavy atom. The van der Waals surface area contributed by atoms with Gasteiger partial charge in [-0.2, -0.15) is 0 Å².